The van der Waals surface area contributed by atoms with Gasteiger partial charge in [-0.3, -0.25) is 5.10 Å². The van der Waals surface area contributed by atoms with Crippen LogP contribution in [0.15, 0.2) is 12.3 Å². The molecule has 0 unspecified atom stereocenters. The van der Waals surface area contributed by atoms with E-state index < -0.39 is 0 Å². The summed E-state index contributed by atoms with van der Waals surface area (Å²) in [5, 5.41) is 19.6. The molecule has 0 aliphatic heterocycles. The van der Waals surface area contributed by atoms with Gasteiger partial charge in [0.25, 0.3) is 0 Å². The van der Waals surface area contributed by atoms with E-state index in [4.69, 9.17) is 0 Å². The average Bonchev–Trinajstić information content (AvgIpc) is 2.59. The summed E-state index contributed by atoms with van der Waals surface area (Å²) in [4.78, 5) is 0. The van der Waals surface area contributed by atoms with Crippen molar-refractivity contribution in [3.8, 4) is 11.5 Å². The van der Waals surface area contributed by atoms with Gasteiger partial charge in [0.05, 0.1) is 0 Å². The number of tetrazole rings is 1. The minimum Gasteiger partial charge on any atom is -0.285 e. The van der Waals surface area contributed by atoms with Crippen molar-refractivity contribution < 1.29 is 0 Å². The molecule has 50 valence electrons. The third kappa shape index (κ3) is 0.661. The molecule has 2 aromatic rings. The number of aromatic nitrogens is 6. The first-order valence-electron chi connectivity index (χ1n) is 2.71. The number of aromatic amines is 2. The van der Waals surface area contributed by atoms with Crippen LogP contribution in [0.3, 0.4) is 0 Å². The molecule has 6 heteroatoms. The maximum atomic E-state index is 3.86. The average molecular weight is 136 g/mol. The summed E-state index contributed by atoms with van der Waals surface area (Å²) in [6, 6.07) is 1.78. The number of hydrogen-bond acceptors (Lipinski definition) is 4. The topological polar surface area (TPSA) is 83.1 Å². The molecule has 0 aliphatic rings. The molecule has 2 rings (SSSR count). The standard InChI is InChI=1S/C4H4N6/c1-2-5-6-3(1)4-7-9-10-8-4/h1-2H,(H,5,6)(H,7,8,9,10). The lowest BCUT2D eigenvalue weighted by Gasteiger charge is -1.80. The third-order valence-corrected chi connectivity index (χ3v) is 1.09. The molecule has 0 atom stereocenters. The quantitative estimate of drug-likeness (QED) is 0.558. The molecular formula is C4H4N6. The Kier molecular flexibility index (Phi) is 0.970. The Morgan fingerprint density at radius 2 is 2.40 bits per heavy atom. The van der Waals surface area contributed by atoms with Crippen molar-refractivity contribution in [2.75, 3.05) is 0 Å². The summed E-state index contributed by atoms with van der Waals surface area (Å²) in [5.74, 6) is 0.571. The van der Waals surface area contributed by atoms with Crippen molar-refractivity contribution in [1.29, 1.82) is 0 Å². The smallest absolute Gasteiger partial charge is 0.199 e. The summed E-state index contributed by atoms with van der Waals surface area (Å²) < 4.78 is 0. The Hall–Kier alpha value is -1.72. The molecule has 0 bridgehead atoms. The lowest BCUT2D eigenvalue weighted by molar-refractivity contribution is 0.881. The van der Waals surface area contributed by atoms with Gasteiger partial charge in [0.1, 0.15) is 5.69 Å². The Balaban J connectivity index is 2.48. The fourth-order valence-corrected chi connectivity index (χ4v) is 0.660. The highest BCUT2D eigenvalue weighted by Crippen LogP contribution is 2.05. The van der Waals surface area contributed by atoms with Crippen molar-refractivity contribution in [1.82, 2.24) is 30.8 Å². The number of H-pyrrole nitrogens is 2. The van der Waals surface area contributed by atoms with Crippen LogP contribution >= 0.6 is 0 Å². The van der Waals surface area contributed by atoms with Crippen LogP contribution in [0.1, 0.15) is 0 Å². The van der Waals surface area contributed by atoms with Gasteiger partial charge in [-0.1, -0.05) is 0 Å². The number of nitrogens with zero attached hydrogens (tertiary/aromatic N) is 4. The molecule has 2 N–H and O–H groups in total. The van der Waals surface area contributed by atoms with Crippen LogP contribution in [-0.4, -0.2) is 30.8 Å². The largest absolute Gasteiger partial charge is 0.285 e. The van der Waals surface area contributed by atoms with E-state index in [9.17, 15) is 0 Å². The monoisotopic (exact) mass is 136 g/mol. The van der Waals surface area contributed by atoms with Gasteiger partial charge in [-0.05, 0) is 16.5 Å². The second-order valence-corrected chi connectivity index (χ2v) is 1.71. The normalized spacial score (nSPS) is 10.0. The van der Waals surface area contributed by atoms with Crippen LogP contribution in [0.2, 0.25) is 0 Å². The van der Waals surface area contributed by atoms with E-state index in [0.29, 0.717) is 11.5 Å². The third-order valence-electron chi connectivity index (χ3n) is 1.09. The maximum absolute atomic E-state index is 3.86. The van der Waals surface area contributed by atoms with Crippen molar-refractivity contribution >= 4 is 0 Å². The molecule has 10 heavy (non-hydrogen) atoms. The number of nitrogens with one attached hydrogen (secondary N) is 2. The highest BCUT2D eigenvalue weighted by Gasteiger charge is 2.00. The van der Waals surface area contributed by atoms with E-state index >= 15 is 0 Å². The molecule has 0 saturated heterocycles. The van der Waals surface area contributed by atoms with Crippen LogP contribution in [0.25, 0.3) is 11.5 Å². The second-order valence-electron chi connectivity index (χ2n) is 1.71. The van der Waals surface area contributed by atoms with E-state index in [2.05, 4.69) is 30.8 Å². The van der Waals surface area contributed by atoms with Crippen molar-refractivity contribution in [3.05, 3.63) is 12.3 Å². The molecule has 2 heterocycles. The van der Waals surface area contributed by atoms with Gasteiger partial charge in [0.2, 0.25) is 0 Å². The first kappa shape index (κ1) is 5.10. The molecule has 0 radical (unpaired) electrons. The zero-order chi connectivity index (χ0) is 6.81. The van der Waals surface area contributed by atoms with Crippen molar-refractivity contribution in [3.63, 3.8) is 0 Å². The molecule has 0 aromatic carbocycles. The molecule has 0 amide bonds. The molecule has 6 nitrogen and oxygen atoms in total. The zero-order valence-electron chi connectivity index (χ0n) is 4.94. The van der Waals surface area contributed by atoms with Gasteiger partial charge in [-0.2, -0.15) is 5.10 Å². The van der Waals surface area contributed by atoms with Crippen molar-refractivity contribution in [2.24, 2.45) is 0 Å². The van der Waals surface area contributed by atoms with Crippen LogP contribution in [0, 0.1) is 0 Å². The molecular weight excluding hydrogens is 132 g/mol. The highest BCUT2D eigenvalue weighted by molar-refractivity contribution is 5.45. The summed E-state index contributed by atoms with van der Waals surface area (Å²) in [6.45, 7) is 0. The molecule has 0 aliphatic carbocycles. The van der Waals surface area contributed by atoms with E-state index in [1.165, 1.54) is 0 Å². The fraction of sp³-hybridized carbons (Fsp3) is 0. The first-order valence-corrected chi connectivity index (χ1v) is 2.71. The van der Waals surface area contributed by atoms with Gasteiger partial charge >= 0.3 is 0 Å². The molecule has 0 spiro atoms. The van der Waals surface area contributed by atoms with Crippen LogP contribution in [-0.2, 0) is 0 Å². The zero-order valence-corrected chi connectivity index (χ0v) is 4.94. The maximum Gasteiger partial charge on any atom is 0.199 e. The second kappa shape index (κ2) is 1.90. The minimum atomic E-state index is 0.571. The SMILES string of the molecule is c1cc(-c2nnn[nH]2)n[nH]1. The van der Waals surface area contributed by atoms with E-state index in [0.717, 1.165) is 0 Å². The predicted molar refractivity (Wildman–Crippen MR) is 31.8 cm³/mol. The Bertz CT molecular complexity index is 249. The minimum absolute atomic E-state index is 0.571. The van der Waals surface area contributed by atoms with Gasteiger partial charge in [0, 0.05) is 6.20 Å². The summed E-state index contributed by atoms with van der Waals surface area (Å²) in [6.07, 6.45) is 1.71. The van der Waals surface area contributed by atoms with E-state index in [-0.39, 0.29) is 0 Å². The first-order chi connectivity index (χ1) is 4.97. The van der Waals surface area contributed by atoms with Gasteiger partial charge < -0.3 is 0 Å². The molecule has 2 aromatic heterocycles. The summed E-state index contributed by atoms with van der Waals surface area (Å²) in [7, 11) is 0. The van der Waals surface area contributed by atoms with Crippen LogP contribution in [0.4, 0.5) is 0 Å². The lowest BCUT2D eigenvalue weighted by atomic mass is 10.4. The predicted octanol–water partition coefficient (Wildman–Crippen LogP) is -0.410. The molecule has 0 fully saturated rings. The van der Waals surface area contributed by atoms with Gasteiger partial charge in [-0.25, -0.2) is 5.10 Å². The summed E-state index contributed by atoms with van der Waals surface area (Å²) >= 11 is 0. The van der Waals surface area contributed by atoms with E-state index in [1.54, 1.807) is 12.3 Å². The fourth-order valence-electron chi connectivity index (χ4n) is 0.660. The van der Waals surface area contributed by atoms with Gasteiger partial charge in [-0.15, -0.1) is 5.10 Å². The Morgan fingerprint density at radius 1 is 1.40 bits per heavy atom. The van der Waals surface area contributed by atoms with Gasteiger partial charge in [0.15, 0.2) is 5.82 Å². The number of hydrogen-bond donors (Lipinski definition) is 2. The van der Waals surface area contributed by atoms with Crippen LogP contribution in [0.5, 0.6) is 0 Å². The Labute approximate surface area is 55.7 Å². The molecule has 0 saturated carbocycles. The Morgan fingerprint density at radius 3 is 3.00 bits per heavy atom. The van der Waals surface area contributed by atoms with Crippen molar-refractivity contribution in [2.45, 2.75) is 0 Å². The lowest BCUT2D eigenvalue weighted by Crippen LogP contribution is -1.79. The summed E-state index contributed by atoms with van der Waals surface area (Å²) in [5.41, 5.74) is 0.713. The van der Waals surface area contributed by atoms with E-state index in [1.807, 2.05) is 0 Å². The highest BCUT2D eigenvalue weighted by atomic mass is 15.5. The van der Waals surface area contributed by atoms with Crippen LogP contribution < -0.4 is 0 Å². The number of rotatable bonds is 1.